The van der Waals surface area contributed by atoms with Crippen molar-refractivity contribution in [2.45, 2.75) is 25.3 Å². The molecule has 1 heterocycles. The van der Waals surface area contributed by atoms with E-state index in [1.165, 1.54) is 17.4 Å². The Hall–Kier alpha value is -2.71. The van der Waals surface area contributed by atoms with Crippen LogP contribution < -0.4 is 4.74 Å². The zero-order valence-corrected chi connectivity index (χ0v) is 16.4. The van der Waals surface area contributed by atoms with Crippen LogP contribution in [-0.2, 0) is 16.6 Å². The summed E-state index contributed by atoms with van der Waals surface area (Å²) in [6.07, 6.45) is 0. The number of rotatable bonds is 6. The first-order valence-corrected chi connectivity index (χ1v) is 9.76. The van der Waals surface area contributed by atoms with Crippen molar-refractivity contribution in [3.05, 3.63) is 59.5 Å². The van der Waals surface area contributed by atoms with Crippen molar-refractivity contribution in [2.24, 2.45) is 0 Å². The third-order valence-electron chi connectivity index (χ3n) is 4.29. The summed E-state index contributed by atoms with van der Waals surface area (Å²) in [4.78, 5) is 4.51. The molecule has 0 aliphatic carbocycles. The van der Waals surface area contributed by atoms with Gasteiger partial charge in [0.2, 0.25) is 21.7 Å². The molecule has 1 aromatic heterocycles. The van der Waals surface area contributed by atoms with Crippen LogP contribution in [0.25, 0.3) is 11.4 Å². The molecule has 0 spiro atoms. The van der Waals surface area contributed by atoms with E-state index in [-0.39, 0.29) is 17.3 Å². The van der Waals surface area contributed by atoms with Crippen LogP contribution >= 0.6 is 0 Å². The van der Waals surface area contributed by atoms with E-state index in [4.69, 9.17) is 9.26 Å². The van der Waals surface area contributed by atoms with Gasteiger partial charge in [0, 0.05) is 12.6 Å². The quantitative estimate of drug-likeness (QED) is 0.646. The summed E-state index contributed by atoms with van der Waals surface area (Å²) < 4.78 is 37.2. The molecule has 0 radical (unpaired) electrons. The number of aromatic nitrogens is 2. The number of ether oxygens (including phenoxy) is 1. The molecule has 3 rings (SSSR count). The van der Waals surface area contributed by atoms with Crippen molar-refractivity contribution in [1.29, 1.82) is 0 Å². The van der Waals surface area contributed by atoms with E-state index in [1.54, 1.807) is 26.2 Å². The van der Waals surface area contributed by atoms with E-state index in [0.29, 0.717) is 11.6 Å². The average Bonchev–Trinajstić information content (AvgIpc) is 3.10. The summed E-state index contributed by atoms with van der Waals surface area (Å²) in [5.74, 6) is 1.30. The second-order valence-electron chi connectivity index (χ2n) is 6.22. The van der Waals surface area contributed by atoms with Crippen LogP contribution in [0.4, 0.5) is 0 Å². The van der Waals surface area contributed by atoms with E-state index >= 15 is 0 Å². The van der Waals surface area contributed by atoms with Crippen LogP contribution in [0.3, 0.4) is 0 Å². The second-order valence-corrected chi connectivity index (χ2v) is 8.26. The van der Waals surface area contributed by atoms with Crippen molar-refractivity contribution in [1.82, 2.24) is 14.4 Å². The number of hydrogen-bond donors (Lipinski definition) is 0. The van der Waals surface area contributed by atoms with E-state index in [1.807, 2.05) is 31.2 Å². The summed E-state index contributed by atoms with van der Waals surface area (Å²) in [7, 11) is -0.674. The van der Waals surface area contributed by atoms with Crippen LogP contribution in [0.15, 0.2) is 51.9 Å². The highest BCUT2D eigenvalue weighted by molar-refractivity contribution is 7.89. The van der Waals surface area contributed by atoms with Crippen molar-refractivity contribution in [3.8, 4) is 17.1 Å². The molecule has 27 heavy (non-hydrogen) atoms. The Kier molecular flexibility index (Phi) is 5.29. The minimum Gasteiger partial charge on any atom is -0.496 e. The number of sulfonamides is 1. The Morgan fingerprint density at radius 2 is 1.85 bits per heavy atom. The van der Waals surface area contributed by atoms with E-state index in [2.05, 4.69) is 10.1 Å². The van der Waals surface area contributed by atoms with E-state index in [9.17, 15) is 8.42 Å². The fourth-order valence-corrected chi connectivity index (χ4v) is 3.93. The lowest BCUT2D eigenvalue weighted by Crippen LogP contribution is -2.26. The Labute approximate surface area is 158 Å². The lowest BCUT2D eigenvalue weighted by atomic mass is 10.1. The highest BCUT2D eigenvalue weighted by Gasteiger charge is 2.24. The third kappa shape index (κ3) is 3.86. The highest BCUT2D eigenvalue weighted by atomic mass is 32.2. The Bertz CT molecular complexity index is 1060. The smallest absolute Gasteiger partial charge is 0.243 e. The maximum Gasteiger partial charge on any atom is 0.243 e. The van der Waals surface area contributed by atoms with Gasteiger partial charge in [-0.25, -0.2) is 8.42 Å². The molecule has 0 fully saturated rings. The molecule has 2 aromatic carbocycles. The first-order valence-electron chi connectivity index (χ1n) is 8.32. The van der Waals surface area contributed by atoms with Crippen LogP contribution in [0, 0.1) is 13.8 Å². The van der Waals surface area contributed by atoms with Crippen LogP contribution in [0.2, 0.25) is 0 Å². The number of benzene rings is 2. The van der Waals surface area contributed by atoms with Gasteiger partial charge in [0.15, 0.2) is 0 Å². The highest BCUT2D eigenvalue weighted by Crippen LogP contribution is 2.25. The summed E-state index contributed by atoms with van der Waals surface area (Å²) in [6, 6.07) is 12.4. The molecule has 7 nitrogen and oxygen atoms in total. The van der Waals surface area contributed by atoms with Gasteiger partial charge in [0.05, 0.1) is 18.6 Å². The van der Waals surface area contributed by atoms with Crippen molar-refractivity contribution < 1.29 is 17.7 Å². The van der Waals surface area contributed by atoms with Crippen LogP contribution in [-0.4, -0.2) is 37.0 Å². The number of hydrogen-bond acceptors (Lipinski definition) is 6. The molecular formula is C19H21N3O4S. The van der Waals surface area contributed by atoms with Gasteiger partial charge in [-0.1, -0.05) is 29.4 Å². The molecule has 0 saturated carbocycles. The molecular weight excluding hydrogens is 366 g/mol. The number of nitrogens with zero attached hydrogens (tertiary/aromatic N) is 3. The van der Waals surface area contributed by atoms with Gasteiger partial charge < -0.3 is 9.26 Å². The molecule has 0 amide bonds. The minimum atomic E-state index is -3.70. The zero-order valence-electron chi connectivity index (χ0n) is 15.6. The topological polar surface area (TPSA) is 85.5 Å². The molecule has 142 valence electrons. The fourth-order valence-electron chi connectivity index (χ4n) is 2.72. The van der Waals surface area contributed by atoms with Gasteiger partial charge in [-0.05, 0) is 43.2 Å². The summed E-state index contributed by atoms with van der Waals surface area (Å²) in [5.41, 5.74) is 2.61. The first kappa shape index (κ1) is 19.1. The van der Waals surface area contributed by atoms with Crippen molar-refractivity contribution in [2.75, 3.05) is 14.2 Å². The second kappa shape index (κ2) is 7.50. The summed E-state index contributed by atoms with van der Waals surface area (Å²) >= 11 is 0. The molecule has 0 saturated heterocycles. The predicted octanol–water partition coefficient (Wildman–Crippen LogP) is 3.18. The lowest BCUT2D eigenvalue weighted by molar-refractivity contribution is 0.336. The van der Waals surface area contributed by atoms with Crippen LogP contribution in [0.5, 0.6) is 5.75 Å². The normalized spacial score (nSPS) is 11.7. The molecule has 0 bridgehead atoms. The van der Waals surface area contributed by atoms with Gasteiger partial charge >= 0.3 is 0 Å². The van der Waals surface area contributed by atoms with Crippen molar-refractivity contribution >= 4 is 10.0 Å². The van der Waals surface area contributed by atoms with Gasteiger partial charge in [0.25, 0.3) is 0 Å². The SMILES string of the molecule is COc1ccc(S(=O)(=O)N(C)Cc2nc(-c3ccccc3C)no2)cc1C. The maximum atomic E-state index is 12.8. The Morgan fingerprint density at radius 3 is 2.52 bits per heavy atom. The Balaban J connectivity index is 1.82. The molecule has 0 N–H and O–H groups in total. The maximum absolute atomic E-state index is 12.8. The molecule has 0 unspecified atom stereocenters. The summed E-state index contributed by atoms with van der Waals surface area (Å²) in [5, 5.41) is 3.97. The molecule has 0 atom stereocenters. The minimum absolute atomic E-state index is 0.0215. The lowest BCUT2D eigenvalue weighted by Gasteiger charge is -2.16. The largest absolute Gasteiger partial charge is 0.496 e. The first-order chi connectivity index (χ1) is 12.8. The average molecular weight is 387 g/mol. The van der Waals surface area contributed by atoms with Crippen LogP contribution in [0.1, 0.15) is 17.0 Å². The third-order valence-corrected chi connectivity index (χ3v) is 6.09. The summed E-state index contributed by atoms with van der Waals surface area (Å²) in [6.45, 7) is 3.73. The van der Waals surface area contributed by atoms with E-state index in [0.717, 1.165) is 16.7 Å². The molecule has 3 aromatic rings. The van der Waals surface area contributed by atoms with E-state index < -0.39 is 10.0 Å². The van der Waals surface area contributed by atoms with Gasteiger partial charge in [-0.15, -0.1) is 0 Å². The van der Waals surface area contributed by atoms with Gasteiger partial charge in [-0.2, -0.15) is 9.29 Å². The number of methoxy groups -OCH3 is 1. The zero-order chi connectivity index (χ0) is 19.6. The fraction of sp³-hybridized carbons (Fsp3) is 0.263. The predicted molar refractivity (Wildman–Crippen MR) is 101 cm³/mol. The molecule has 0 aliphatic rings. The molecule has 0 aliphatic heterocycles. The monoisotopic (exact) mass is 387 g/mol. The Morgan fingerprint density at radius 1 is 1.11 bits per heavy atom. The van der Waals surface area contributed by atoms with Gasteiger partial charge in [0.1, 0.15) is 5.75 Å². The van der Waals surface area contributed by atoms with Crippen molar-refractivity contribution in [3.63, 3.8) is 0 Å². The number of aryl methyl sites for hydroxylation is 2. The standard InChI is InChI=1S/C19H21N3O4S/c1-13-7-5-6-8-16(13)19-20-18(26-21-19)12-22(3)27(23,24)15-9-10-17(25-4)14(2)11-15/h5-11H,12H2,1-4H3. The van der Waals surface area contributed by atoms with Gasteiger partial charge in [-0.3, -0.25) is 0 Å². The molecule has 8 heteroatoms.